The summed E-state index contributed by atoms with van der Waals surface area (Å²) in [5.74, 6) is 1.53. The molecule has 2 aliphatic rings. The molecule has 0 spiro atoms. The summed E-state index contributed by atoms with van der Waals surface area (Å²) in [4.78, 5) is 15.6. The molecule has 1 atom stereocenters. The fourth-order valence-electron chi connectivity index (χ4n) is 3.99. The molecule has 0 amide bonds. The van der Waals surface area contributed by atoms with Gasteiger partial charge in [-0.15, -0.1) is 0 Å². The highest BCUT2D eigenvalue weighted by molar-refractivity contribution is 6.02. The van der Waals surface area contributed by atoms with Crippen LogP contribution in [0.25, 0.3) is 5.70 Å². The van der Waals surface area contributed by atoms with Crippen molar-refractivity contribution in [3.05, 3.63) is 95.4 Å². The molecule has 7 nitrogen and oxygen atoms in total. The molecule has 0 fully saturated rings. The van der Waals surface area contributed by atoms with Gasteiger partial charge in [-0.05, 0) is 62.5 Å². The summed E-state index contributed by atoms with van der Waals surface area (Å²) in [7, 11) is 1.99. The first-order valence-corrected chi connectivity index (χ1v) is 12.2. The van der Waals surface area contributed by atoms with E-state index in [-0.39, 0.29) is 5.92 Å². The molecule has 0 aromatic carbocycles. The van der Waals surface area contributed by atoms with E-state index in [1.165, 1.54) is 0 Å². The van der Waals surface area contributed by atoms with Crippen molar-refractivity contribution in [1.82, 2.24) is 10.1 Å². The number of allylic oxidation sites excluding steroid dienone is 9. The highest BCUT2D eigenvalue weighted by Gasteiger charge is 2.25. The maximum absolute atomic E-state index is 6.40. The standard InChI is InChI=1S/C29H36N6O/c1-8-11-21-12-13-35(7)27(14-21)26-16-24(36-34-26)17-28-32-20(6)25(29(30)33-28)15-22(9-2)23(10-3)18-31-19(4)5/h9-14,16,18,25H,4,6,8,15,17H2,1-3,5,7H3,(H2,30,32,33)/b21-11?,22-9+,23-10+,31-18?. The Hall–Kier alpha value is -4.00. The van der Waals surface area contributed by atoms with Gasteiger partial charge in [0.1, 0.15) is 23.1 Å². The predicted octanol–water partition coefficient (Wildman–Crippen LogP) is 6.14. The van der Waals surface area contributed by atoms with Gasteiger partial charge in [-0.2, -0.15) is 0 Å². The van der Waals surface area contributed by atoms with E-state index in [2.05, 4.69) is 64.5 Å². The van der Waals surface area contributed by atoms with Crippen LogP contribution in [-0.4, -0.2) is 35.0 Å². The summed E-state index contributed by atoms with van der Waals surface area (Å²) < 4.78 is 5.62. The van der Waals surface area contributed by atoms with Crippen molar-refractivity contribution in [1.29, 1.82) is 0 Å². The zero-order chi connectivity index (χ0) is 26.2. The van der Waals surface area contributed by atoms with Gasteiger partial charge in [0.05, 0.1) is 18.0 Å². The predicted molar refractivity (Wildman–Crippen MR) is 151 cm³/mol. The van der Waals surface area contributed by atoms with Crippen LogP contribution in [0.3, 0.4) is 0 Å². The van der Waals surface area contributed by atoms with E-state index in [1.807, 2.05) is 57.3 Å². The average molecular weight is 485 g/mol. The van der Waals surface area contributed by atoms with Crippen LogP contribution in [0.1, 0.15) is 52.0 Å². The number of amidine groups is 2. The fourth-order valence-corrected chi connectivity index (χ4v) is 3.99. The molecule has 3 rings (SSSR count). The largest absolute Gasteiger partial charge is 0.387 e. The first kappa shape index (κ1) is 26.6. The van der Waals surface area contributed by atoms with Crippen molar-refractivity contribution in [3.63, 3.8) is 0 Å². The molecule has 0 bridgehead atoms. The topological polar surface area (TPSA) is 92.4 Å². The third kappa shape index (κ3) is 6.56. The lowest BCUT2D eigenvalue weighted by Crippen LogP contribution is -2.30. The van der Waals surface area contributed by atoms with E-state index in [0.29, 0.717) is 36.0 Å². The Kier molecular flexibility index (Phi) is 8.95. The van der Waals surface area contributed by atoms with Crippen molar-refractivity contribution < 1.29 is 4.52 Å². The molecule has 0 radical (unpaired) electrons. The second kappa shape index (κ2) is 12.1. The Morgan fingerprint density at radius 1 is 1.28 bits per heavy atom. The Morgan fingerprint density at radius 3 is 2.69 bits per heavy atom. The molecule has 2 aliphatic heterocycles. The molecule has 3 heterocycles. The van der Waals surface area contributed by atoms with Crippen molar-refractivity contribution in [3.8, 4) is 0 Å². The zero-order valence-corrected chi connectivity index (χ0v) is 22.0. The van der Waals surface area contributed by atoms with Gasteiger partial charge in [0, 0.05) is 36.9 Å². The summed E-state index contributed by atoms with van der Waals surface area (Å²) >= 11 is 0. The van der Waals surface area contributed by atoms with E-state index in [9.17, 15) is 0 Å². The van der Waals surface area contributed by atoms with Gasteiger partial charge < -0.3 is 15.2 Å². The second-order valence-electron chi connectivity index (χ2n) is 8.79. The van der Waals surface area contributed by atoms with Gasteiger partial charge in [-0.25, -0.2) is 9.98 Å². The number of nitrogens with zero attached hydrogens (tertiary/aromatic N) is 5. The van der Waals surface area contributed by atoms with Gasteiger partial charge >= 0.3 is 0 Å². The number of nitrogens with two attached hydrogens (primary N) is 1. The quantitative estimate of drug-likeness (QED) is 0.337. The van der Waals surface area contributed by atoms with Crippen LogP contribution >= 0.6 is 0 Å². The van der Waals surface area contributed by atoms with Crippen LogP contribution in [0.15, 0.2) is 103 Å². The number of aliphatic imine (C=N–C) groups is 3. The van der Waals surface area contributed by atoms with Crippen molar-refractivity contribution >= 4 is 23.6 Å². The third-order valence-corrected chi connectivity index (χ3v) is 5.94. The first-order valence-electron chi connectivity index (χ1n) is 12.2. The third-order valence-electron chi connectivity index (χ3n) is 5.94. The normalized spacial score (nSPS) is 20.2. The van der Waals surface area contributed by atoms with Crippen LogP contribution in [-0.2, 0) is 6.42 Å². The van der Waals surface area contributed by atoms with Gasteiger partial charge in [-0.3, -0.25) is 4.99 Å². The Bertz CT molecular complexity index is 1260. The molecule has 0 aliphatic carbocycles. The molecule has 0 saturated heterocycles. The molecule has 0 saturated carbocycles. The lowest BCUT2D eigenvalue weighted by Gasteiger charge is -2.22. The van der Waals surface area contributed by atoms with E-state index in [0.717, 1.165) is 40.2 Å². The van der Waals surface area contributed by atoms with Gasteiger partial charge in [-0.1, -0.05) is 43.5 Å². The molecular weight excluding hydrogens is 448 g/mol. The number of hydrogen-bond acceptors (Lipinski definition) is 7. The maximum atomic E-state index is 6.40. The molecule has 36 heavy (non-hydrogen) atoms. The summed E-state index contributed by atoms with van der Waals surface area (Å²) in [5, 5.41) is 4.28. The lowest BCUT2D eigenvalue weighted by molar-refractivity contribution is 0.389. The van der Waals surface area contributed by atoms with E-state index < -0.39 is 0 Å². The zero-order valence-electron chi connectivity index (χ0n) is 22.0. The number of rotatable bonds is 9. The van der Waals surface area contributed by atoms with Gasteiger partial charge in [0.15, 0.2) is 0 Å². The Morgan fingerprint density at radius 2 is 2.06 bits per heavy atom. The molecule has 1 aromatic rings. The van der Waals surface area contributed by atoms with E-state index >= 15 is 0 Å². The monoisotopic (exact) mass is 484 g/mol. The lowest BCUT2D eigenvalue weighted by atomic mass is 9.90. The Balaban J connectivity index is 1.73. The van der Waals surface area contributed by atoms with E-state index in [4.69, 9.17) is 10.3 Å². The maximum Gasteiger partial charge on any atom is 0.145 e. The highest BCUT2D eigenvalue weighted by Crippen LogP contribution is 2.28. The van der Waals surface area contributed by atoms with Crippen LogP contribution in [0, 0.1) is 5.92 Å². The average Bonchev–Trinajstić information content (AvgIpc) is 3.29. The van der Waals surface area contributed by atoms with Crippen molar-refractivity contribution in [2.24, 2.45) is 26.6 Å². The smallest absolute Gasteiger partial charge is 0.145 e. The first-order chi connectivity index (χ1) is 17.2. The fraction of sp³-hybridized carbons (Fsp3) is 0.310. The molecule has 1 unspecified atom stereocenters. The molecule has 2 N–H and O–H groups in total. The summed E-state index contributed by atoms with van der Waals surface area (Å²) in [6, 6.07) is 1.92. The minimum absolute atomic E-state index is 0.185. The second-order valence-corrected chi connectivity index (χ2v) is 8.79. The summed E-state index contributed by atoms with van der Waals surface area (Å²) in [6.07, 6.45) is 16.3. The summed E-state index contributed by atoms with van der Waals surface area (Å²) in [6.45, 7) is 16.0. The molecular formula is C29H36N6O. The SMILES string of the molecule is C=C(C)N=CC(=C\C)/C(=C/C)CC1C(=C)N=C(Cc2cc(C3=CC(=CCC)C=CN3C)no2)N=C1N. The number of hydrogen-bond donors (Lipinski definition) is 1. The highest BCUT2D eigenvalue weighted by atomic mass is 16.5. The van der Waals surface area contributed by atoms with Crippen LogP contribution < -0.4 is 5.73 Å². The Labute approximate surface area is 214 Å². The minimum Gasteiger partial charge on any atom is -0.387 e. The summed E-state index contributed by atoms with van der Waals surface area (Å²) in [5.41, 5.74) is 12.8. The number of aromatic nitrogens is 1. The van der Waals surface area contributed by atoms with Crippen LogP contribution in [0.4, 0.5) is 0 Å². The minimum atomic E-state index is -0.185. The van der Waals surface area contributed by atoms with Gasteiger partial charge in [0.25, 0.3) is 0 Å². The van der Waals surface area contributed by atoms with Crippen molar-refractivity contribution in [2.45, 2.75) is 47.0 Å². The van der Waals surface area contributed by atoms with E-state index in [1.54, 1.807) is 0 Å². The molecule has 7 heteroatoms. The van der Waals surface area contributed by atoms with Gasteiger partial charge in [0.2, 0.25) is 0 Å². The van der Waals surface area contributed by atoms with Crippen LogP contribution in [0.2, 0.25) is 0 Å². The molecule has 1 aromatic heterocycles. The van der Waals surface area contributed by atoms with Crippen LogP contribution in [0.5, 0.6) is 0 Å². The molecule has 188 valence electrons. The van der Waals surface area contributed by atoms with Crippen molar-refractivity contribution in [2.75, 3.05) is 7.05 Å².